The smallest absolute Gasteiger partial charge is 0.416 e. The van der Waals surface area contributed by atoms with Crippen LogP contribution in [-0.2, 0) is 6.18 Å². The molecule has 17 heavy (non-hydrogen) atoms. The fraction of sp³-hybridized carbons (Fsp3) is 0.333. The SMILES string of the molecule is COc1cc(C(F)(F)F)ccc1C=CCCBr. The zero-order valence-electron chi connectivity index (χ0n) is 9.22. The molecular formula is C12H12BrF3O. The lowest BCUT2D eigenvalue weighted by molar-refractivity contribution is -0.137. The molecule has 0 saturated carbocycles. The van der Waals surface area contributed by atoms with Gasteiger partial charge in [-0.1, -0.05) is 34.1 Å². The van der Waals surface area contributed by atoms with E-state index in [0.29, 0.717) is 5.56 Å². The van der Waals surface area contributed by atoms with Gasteiger partial charge in [-0.25, -0.2) is 0 Å². The molecule has 1 aromatic carbocycles. The second kappa shape index (κ2) is 6.10. The van der Waals surface area contributed by atoms with Crippen molar-refractivity contribution < 1.29 is 17.9 Å². The van der Waals surface area contributed by atoms with E-state index in [4.69, 9.17) is 4.74 Å². The molecule has 0 unspecified atom stereocenters. The van der Waals surface area contributed by atoms with E-state index in [2.05, 4.69) is 15.9 Å². The van der Waals surface area contributed by atoms with E-state index in [1.54, 1.807) is 6.08 Å². The highest BCUT2D eigenvalue weighted by Crippen LogP contribution is 2.33. The Labute approximate surface area is 106 Å². The first-order valence-electron chi connectivity index (χ1n) is 4.96. The van der Waals surface area contributed by atoms with Crippen molar-refractivity contribution in [1.29, 1.82) is 0 Å². The minimum absolute atomic E-state index is 0.227. The van der Waals surface area contributed by atoms with E-state index in [1.807, 2.05) is 6.08 Å². The molecule has 1 rings (SSSR count). The molecule has 0 radical (unpaired) electrons. The normalized spacial score (nSPS) is 12.1. The van der Waals surface area contributed by atoms with Gasteiger partial charge in [0.2, 0.25) is 0 Å². The van der Waals surface area contributed by atoms with Gasteiger partial charge >= 0.3 is 6.18 Å². The van der Waals surface area contributed by atoms with Crippen LogP contribution in [0.3, 0.4) is 0 Å². The van der Waals surface area contributed by atoms with E-state index >= 15 is 0 Å². The molecule has 0 aromatic heterocycles. The lowest BCUT2D eigenvalue weighted by atomic mass is 10.1. The van der Waals surface area contributed by atoms with Gasteiger partial charge in [-0.05, 0) is 18.6 Å². The van der Waals surface area contributed by atoms with Crippen LogP contribution >= 0.6 is 15.9 Å². The summed E-state index contributed by atoms with van der Waals surface area (Å²) in [5, 5.41) is 0.812. The average Bonchev–Trinajstić information content (AvgIpc) is 2.28. The standard InChI is InChI=1S/C12H12BrF3O/c1-17-11-8-10(12(14,15)16)6-5-9(11)4-2-3-7-13/h2,4-6,8H,3,7H2,1H3. The number of hydrogen-bond donors (Lipinski definition) is 0. The molecule has 1 aromatic rings. The zero-order valence-corrected chi connectivity index (χ0v) is 10.8. The molecule has 0 N–H and O–H groups in total. The van der Waals surface area contributed by atoms with Gasteiger partial charge in [0.15, 0.2) is 0 Å². The average molecular weight is 309 g/mol. The van der Waals surface area contributed by atoms with Gasteiger partial charge in [0, 0.05) is 10.9 Å². The Morgan fingerprint density at radius 2 is 2.06 bits per heavy atom. The Hall–Kier alpha value is -0.970. The maximum atomic E-state index is 12.5. The van der Waals surface area contributed by atoms with Crippen LogP contribution in [0, 0.1) is 0 Å². The summed E-state index contributed by atoms with van der Waals surface area (Å²) in [6.45, 7) is 0. The number of rotatable bonds is 4. The number of halogens is 4. The van der Waals surface area contributed by atoms with Crippen molar-refractivity contribution in [2.45, 2.75) is 12.6 Å². The molecule has 0 aliphatic heterocycles. The number of hydrogen-bond acceptors (Lipinski definition) is 1. The van der Waals surface area contributed by atoms with Crippen LogP contribution in [0.5, 0.6) is 5.75 Å². The van der Waals surface area contributed by atoms with Gasteiger partial charge in [0.05, 0.1) is 12.7 Å². The largest absolute Gasteiger partial charge is 0.496 e. The quantitative estimate of drug-likeness (QED) is 0.744. The maximum Gasteiger partial charge on any atom is 0.416 e. The Balaban J connectivity index is 3.01. The van der Waals surface area contributed by atoms with Crippen molar-refractivity contribution in [3.05, 3.63) is 35.4 Å². The molecule has 0 aliphatic carbocycles. The Bertz CT molecular complexity index is 399. The van der Waals surface area contributed by atoms with Crippen LogP contribution in [0.4, 0.5) is 13.2 Å². The van der Waals surface area contributed by atoms with Crippen molar-refractivity contribution in [1.82, 2.24) is 0 Å². The second-order valence-corrected chi connectivity index (χ2v) is 4.13. The fourth-order valence-corrected chi connectivity index (χ4v) is 1.56. The van der Waals surface area contributed by atoms with Gasteiger partial charge in [-0.15, -0.1) is 0 Å². The molecule has 0 amide bonds. The third kappa shape index (κ3) is 4.07. The highest BCUT2D eigenvalue weighted by Gasteiger charge is 2.31. The molecule has 0 bridgehead atoms. The molecule has 94 valence electrons. The predicted octanol–water partition coefficient (Wildman–Crippen LogP) is 4.51. The molecule has 0 spiro atoms. The highest BCUT2D eigenvalue weighted by molar-refractivity contribution is 9.09. The first kappa shape index (κ1) is 14.1. The summed E-state index contributed by atoms with van der Waals surface area (Å²) >= 11 is 3.26. The lowest BCUT2D eigenvalue weighted by Crippen LogP contribution is -2.05. The number of benzene rings is 1. The summed E-state index contributed by atoms with van der Waals surface area (Å²) in [4.78, 5) is 0. The molecule has 1 nitrogen and oxygen atoms in total. The topological polar surface area (TPSA) is 9.23 Å². The fourth-order valence-electron chi connectivity index (χ4n) is 1.30. The van der Waals surface area contributed by atoms with Gasteiger partial charge in [0.25, 0.3) is 0 Å². The summed E-state index contributed by atoms with van der Waals surface area (Å²) in [6.07, 6.45) is 0.0929. The maximum absolute atomic E-state index is 12.5. The van der Waals surface area contributed by atoms with Crippen molar-refractivity contribution >= 4 is 22.0 Å². The van der Waals surface area contributed by atoms with Gasteiger partial charge in [0.1, 0.15) is 5.75 Å². The number of ether oxygens (including phenoxy) is 1. The van der Waals surface area contributed by atoms with Gasteiger partial charge in [-0.3, -0.25) is 0 Å². The summed E-state index contributed by atoms with van der Waals surface area (Å²) in [5.41, 5.74) is -0.0616. The number of alkyl halides is 4. The van der Waals surface area contributed by atoms with Crippen molar-refractivity contribution in [2.24, 2.45) is 0 Å². The van der Waals surface area contributed by atoms with E-state index in [-0.39, 0.29) is 5.75 Å². The second-order valence-electron chi connectivity index (χ2n) is 3.33. The Morgan fingerprint density at radius 3 is 2.59 bits per heavy atom. The third-order valence-corrected chi connectivity index (χ3v) is 2.59. The number of allylic oxidation sites excluding steroid dienone is 1. The summed E-state index contributed by atoms with van der Waals surface area (Å²) < 4.78 is 42.3. The third-order valence-electron chi connectivity index (χ3n) is 2.13. The molecule has 0 aliphatic rings. The minimum atomic E-state index is -4.34. The van der Waals surface area contributed by atoms with Crippen LogP contribution in [0.15, 0.2) is 24.3 Å². The summed E-state index contributed by atoms with van der Waals surface area (Å²) in [6, 6.07) is 3.47. The van der Waals surface area contributed by atoms with Gasteiger partial charge < -0.3 is 4.74 Å². The first-order valence-corrected chi connectivity index (χ1v) is 6.09. The van der Waals surface area contributed by atoms with Crippen LogP contribution < -0.4 is 4.74 Å². The van der Waals surface area contributed by atoms with Crippen LogP contribution in [0.2, 0.25) is 0 Å². The van der Waals surface area contributed by atoms with Crippen molar-refractivity contribution in [3.63, 3.8) is 0 Å². The molecule has 0 atom stereocenters. The van der Waals surface area contributed by atoms with Gasteiger partial charge in [-0.2, -0.15) is 13.2 Å². The number of methoxy groups -OCH3 is 1. The lowest BCUT2D eigenvalue weighted by Gasteiger charge is -2.10. The first-order chi connectivity index (χ1) is 7.99. The molecule has 0 saturated heterocycles. The predicted molar refractivity (Wildman–Crippen MR) is 65.4 cm³/mol. The van der Waals surface area contributed by atoms with Crippen LogP contribution in [-0.4, -0.2) is 12.4 Å². The zero-order chi connectivity index (χ0) is 12.9. The van der Waals surface area contributed by atoms with Crippen LogP contribution in [0.25, 0.3) is 6.08 Å². The van der Waals surface area contributed by atoms with E-state index in [0.717, 1.165) is 23.9 Å². The van der Waals surface area contributed by atoms with E-state index in [9.17, 15) is 13.2 Å². The Morgan fingerprint density at radius 1 is 1.35 bits per heavy atom. The van der Waals surface area contributed by atoms with Crippen molar-refractivity contribution in [2.75, 3.05) is 12.4 Å². The minimum Gasteiger partial charge on any atom is -0.496 e. The van der Waals surface area contributed by atoms with Crippen LogP contribution in [0.1, 0.15) is 17.5 Å². The summed E-state index contributed by atoms with van der Waals surface area (Å²) in [5.74, 6) is 0.227. The summed E-state index contributed by atoms with van der Waals surface area (Å²) in [7, 11) is 1.36. The molecular weight excluding hydrogens is 297 g/mol. The molecule has 0 fully saturated rings. The van der Waals surface area contributed by atoms with Crippen molar-refractivity contribution in [3.8, 4) is 5.75 Å². The molecule has 0 heterocycles. The highest BCUT2D eigenvalue weighted by atomic mass is 79.9. The monoisotopic (exact) mass is 308 g/mol. The van der Waals surface area contributed by atoms with E-state index in [1.165, 1.54) is 13.2 Å². The molecule has 5 heteroatoms. The van der Waals surface area contributed by atoms with E-state index < -0.39 is 11.7 Å². The Kier molecular flexibility index (Phi) is 5.05.